The summed E-state index contributed by atoms with van der Waals surface area (Å²) in [4.78, 5) is 18.8. The summed E-state index contributed by atoms with van der Waals surface area (Å²) < 4.78 is 8.44. The van der Waals surface area contributed by atoms with Gasteiger partial charge in [-0.15, -0.1) is 11.3 Å². The molecule has 0 saturated heterocycles. The van der Waals surface area contributed by atoms with Gasteiger partial charge in [0.15, 0.2) is 0 Å². The fourth-order valence-corrected chi connectivity index (χ4v) is 3.87. The second kappa shape index (κ2) is 6.70. The summed E-state index contributed by atoms with van der Waals surface area (Å²) >= 11 is 2.68. The van der Waals surface area contributed by atoms with Crippen molar-refractivity contribution in [3.8, 4) is 10.6 Å². The molecule has 0 aliphatic heterocycles. The topological polar surface area (TPSA) is 59.0 Å². The number of nitrogens with zero attached hydrogens (tertiary/aromatic N) is 4. The summed E-state index contributed by atoms with van der Waals surface area (Å²) in [7, 11) is 1.79. The number of amides is 1. The molecule has 2 aromatic heterocycles. The third-order valence-corrected chi connectivity index (χ3v) is 5.28. The molecule has 0 fully saturated rings. The molecule has 0 atom stereocenters. The van der Waals surface area contributed by atoms with Gasteiger partial charge < -0.3 is 4.90 Å². The lowest BCUT2D eigenvalue weighted by Crippen LogP contribution is -2.26. The van der Waals surface area contributed by atoms with Crippen LogP contribution in [0.4, 0.5) is 0 Å². The highest BCUT2D eigenvalue weighted by Gasteiger charge is 2.16. The molecule has 2 heterocycles. The Balaban J connectivity index is 1.51. The average molecular weight is 366 g/mol. The van der Waals surface area contributed by atoms with Gasteiger partial charge >= 0.3 is 0 Å². The maximum atomic E-state index is 12.7. The maximum Gasteiger partial charge on any atom is 0.273 e. The van der Waals surface area contributed by atoms with Crippen molar-refractivity contribution in [1.29, 1.82) is 0 Å². The van der Waals surface area contributed by atoms with Crippen molar-refractivity contribution in [2.24, 2.45) is 0 Å². The van der Waals surface area contributed by atoms with Crippen LogP contribution in [-0.4, -0.2) is 31.6 Å². The molecule has 0 radical (unpaired) electrons. The highest BCUT2D eigenvalue weighted by atomic mass is 32.1. The Bertz CT molecular complexity index is 1030. The minimum atomic E-state index is -0.0880. The number of hydrogen-bond acceptors (Lipinski definition) is 6. The predicted octanol–water partition coefficient (Wildman–Crippen LogP) is 4.09. The zero-order chi connectivity index (χ0) is 17.2. The van der Waals surface area contributed by atoms with Crippen molar-refractivity contribution >= 4 is 40.0 Å². The Morgan fingerprint density at radius 2 is 1.88 bits per heavy atom. The van der Waals surface area contributed by atoms with Crippen LogP contribution < -0.4 is 0 Å². The van der Waals surface area contributed by atoms with Crippen LogP contribution in [0.15, 0.2) is 53.9 Å². The van der Waals surface area contributed by atoms with Crippen LogP contribution in [0.1, 0.15) is 16.1 Å². The fraction of sp³-hybridized carbons (Fsp3) is 0.111. The van der Waals surface area contributed by atoms with Gasteiger partial charge in [-0.2, -0.15) is 8.75 Å². The van der Waals surface area contributed by atoms with E-state index < -0.39 is 0 Å². The van der Waals surface area contributed by atoms with Crippen LogP contribution in [0.3, 0.4) is 0 Å². The lowest BCUT2D eigenvalue weighted by atomic mass is 10.2. The molecule has 4 aromatic rings. The van der Waals surface area contributed by atoms with E-state index in [0.717, 1.165) is 27.2 Å². The summed E-state index contributed by atoms with van der Waals surface area (Å²) in [5.74, 6) is -0.0880. The van der Waals surface area contributed by atoms with E-state index in [9.17, 15) is 4.79 Å². The first kappa shape index (κ1) is 15.9. The van der Waals surface area contributed by atoms with Crippen LogP contribution in [-0.2, 0) is 6.54 Å². The second-order valence-corrected chi connectivity index (χ2v) is 7.04. The average Bonchev–Trinajstić information content (AvgIpc) is 3.31. The van der Waals surface area contributed by atoms with Gasteiger partial charge in [-0.25, -0.2) is 4.98 Å². The van der Waals surface area contributed by atoms with Crippen LogP contribution in [0, 0.1) is 0 Å². The number of rotatable bonds is 4. The number of thiazole rings is 1. The third-order valence-electron chi connectivity index (χ3n) is 3.83. The Kier molecular flexibility index (Phi) is 4.25. The highest BCUT2D eigenvalue weighted by molar-refractivity contribution is 7.13. The van der Waals surface area contributed by atoms with E-state index in [-0.39, 0.29) is 5.91 Å². The normalized spacial score (nSPS) is 10.9. The number of carbonyl (C=O) groups excluding carboxylic acids is 1. The molecule has 0 saturated carbocycles. The van der Waals surface area contributed by atoms with Gasteiger partial charge in [0.25, 0.3) is 5.91 Å². The Morgan fingerprint density at radius 1 is 1.08 bits per heavy atom. The van der Waals surface area contributed by atoms with Crippen molar-refractivity contribution in [1.82, 2.24) is 18.6 Å². The minimum absolute atomic E-state index is 0.0880. The zero-order valence-electron chi connectivity index (χ0n) is 13.4. The molecule has 7 heteroatoms. The predicted molar refractivity (Wildman–Crippen MR) is 101 cm³/mol. The molecule has 124 valence electrons. The molecule has 0 bridgehead atoms. The molecule has 0 aliphatic carbocycles. The van der Waals surface area contributed by atoms with Crippen molar-refractivity contribution in [3.05, 3.63) is 65.2 Å². The van der Waals surface area contributed by atoms with Gasteiger partial charge in [-0.05, 0) is 17.7 Å². The number of hydrogen-bond donors (Lipinski definition) is 0. The van der Waals surface area contributed by atoms with E-state index in [0.29, 0.717) is 12.2 Å². The number of aromatic nitrogens is 3. The van der Waals surface area contributed by atoms with Crippen LogP contribution in [0.5, 0.6) is 0 Å². The summed E-state index contributed by atoms with van der Waals surface area (Å²) in [5.41, 5.74) is 4.27. The van der Waals surface area contributed by atoms with Gasteiger partial charge in [0, 0.05) is 24.5 Å². The number of fused-ring (bicyclic) bond motifs is 1. The Hall–Kier alpha value is -2.64. The zero-order valence-corrected chi connectivity index (χ0v) is 15.0. The van der Waals surface area contributed by atoms with Crippen molar-refractivity contribution in [2.45, 2.75) is 6.54 Å². The second-order valence-electron chi connectivity index (χ2n) is 5.65. The first-order valence-electron chi connectivity index (χ1n) is 7.68. The monoisotopic (exact) mass is 366 g/mol. The summed E-state index contributed by atoms with van der Waals surface area (Å²) in [5, 5.41) is 2.67. The van der Waals surface area contributed by atoms with Gasteiger partial charge in [0.05, 0.1) is 11.7 Å². The lowest BCUT2D eigenvalue weighted by Gasteiger charge is -2.15. The SMILES string of the molecule is CN(Cc1ccc2nsnc2c1)C(=O)c1csc(-c2ccccc2)n1. The standard InChI is InChI=1S/C18H14N4OS2/c1-22(10-12-7-8-14-15(9-12)21-25-20-14)18(23)16-11-24-17(19-16)13-5-3-2-4-6-13/h2-9,11H,10H2,1H3. The van der Waals surface area contributed by atoms with Crippen molar-refractivity contribution < 1.29 is 4.79 Å². The van der Waals surface area contributed by atoms with Gasteiger partial charge in [-0.1, -0.05) is 36.4 Å². The van der Waals surface area contributed by atoms with Crippen LogP contribution in [0.2, 0.25) is 0 Å². The molecule has 4 rings (SSSR count). The van der Waals surface area contributed by atoms with E-state index >= 15 is 0 Å². The Labute approximate surface area is 152 Å². The number of benzene rings is 2. The van der Waals surface area contributed by atoms with Gasteiger partial charge in [0.1, 0.15) is 21.7 Å². The lowest BCUT2D eigenvalue weighted by molar-refractivity contribution is 0.0780. The molecule has 25 heavy (non-hydrogen) atoms. The Morgan fingerprint density at radius 3 is 2.72 bits per heavy atom. The van der Waals surface area contributed by atoms with Crippen LogP contribution >= 0.6 is 23.1 Å². The largest absolute Gasteiger partial charge is 0.336 e. The first-order chi connectivity index (χ1) is 12.2. The maximum absolute atomic E-state index is 12.7. The molecule has 0 unspecified atom stereocenters. The van der Waals surface area contributed by atoms with E-state index in [2.05, 4.69) is 13.7 Å². The van der Waals surface area contributed by atoms with E-state index in [4.69, 9.17) is 0 Å². The van der Waals surface area contributed by atoms with Gasteiger partial charge in [-0.3, -0.25) is 4.79 Å². The first-order valence-corrected chi connectivity index (χ1v) is 9.29. The molecular formula is C18H14N4OS2. The summed E-state index contributed by atoms with van der Waals surface area (Å²) in [6.45, 7) is 0.504. The molecule has 1 amide bonds. The van der Waals surface area contributed by atoms with Crippen molar-refractivity contribution in [3.63, 3.8) is 0 Å². The van der Waals surface area contributed by atoms with E-state index in [1.807, 2.05) is 53.9 Å². The molecule has 0 spiro atoms. The smallest absolute Gasteiger partial charge is 0.273 e. The number of carbonyl (C=O) groups is 1. The van der Waals surface area contributed by atoms with Crippen LogP contribution in [0.25, 0.3) is 21.6 Å². The highest BCUT2D eigenvalue weighted by Crippen LogP contribution is 2.24. The van der Waals surface area contributed by atoms with E-state index in [1.54, 1.807) is 11.9 Å². The summed E-state index contributed by atoms with van der Waals surface area (Å²) in [6, 6.07) is 15.8. The molecule has 0 aliphatic rings. The third kappa shape index (κ3) is 3.29. The molecule has 0 N–H and O–H groups in total. The molecule has 5 nitrogen and oxygen atoms in total. The summed E-state index contributed by atoms with van der Waals surface area (Å²) in [6.07, 6.45) is 0. The minimum Gasteiger partial charge on any atom is -0.336 e. The van der Waals surface area contributed by atoms with Gasteiger partial charge in [0.2, 0.25) is 0 Å². The van der Waals surface area contributed by atoms with Crippen molar-refractivity contribution in [2.75, 3.05) is 7.05 Å². The quantitative estimate of drug-likeness (QED) is 0.546. The molecular weight excluding hydrogens is 352 g/mol. The fourth-order valence-electron chi connectivity index (χ4n) is 2.55. The molecule has 2 aromatic carbocycles. The van der Waals surface area contributed by atoms with E-state index in [1.165, 1.54) is 23.1 Å².